The summed E-state index contributed by atoms with van der Waals surface area (Å²) in [5.41, 5.74) is 0.574. The number of nitrogens with zero attached hydrogens (tertiary/aromatic N) is 1. The van der Waals surface area contributed by atoms with Gasteiger partial charge in [0.1, 0.15) is 5.82 Å². The normalized spacial score (nSPS) is 17.9. The SMILES string of the molecule is Cl.Fc1ccc([C@@H](CC(F)F)N2CCNCC2)c(Cl)c1. The van der Waals surface area contributed by atoms with E-state index in [1.807, 2.05) is 4.90 Å². The number of alkyl halides is 2. The molecular weight excluding hydrogens is 312 g/mol. The van der Waals surface area contributed by atoms with Gasteiger partial charge in [0.15, 0.2) is 0 Å². The fourth-order valence-electron chi connectivity index (χ4n) is 2.41. The van der Waals surface area contributed by atoms with Crippen LogP contribution < -0.4 is 5.32 Å². The Balaban J connectivity index is 0.00000200. The van der Waals surface area contributed by atoms with Crippen LogP contribution in [0.5, 0.6) is 0 Å². The number of hydrogen-bond acceptors (Lipinski definition) is 2. The van der Waals surface area contributed by atoms with Crippen molar-refractivity contribution in [2.45, 2.75) is 18.9 Å². The summed E-state index contributed by atoms with van der Waals surface area (Å²) in [5, 5.41) is 3.39. The van der Waals surface area contributed by atoms with E-state index >= 15 is 0 Å². The fraction of sp³-hybridized carbons (Fsp3) is 0.538. The molecular formula is C13H17Cl2F3N2. The van der Waals surface area contributed by atoms with Crippen LogP contribution in [-0.4, -0.2) is 37.5 Å². The second-order valence-electron chi connectivity index (χ2n) is 4.59. The predicted octanol–water partition coefficient (Wildman–Crippen LogP) is 3.50. The van der Waals surface area contributed by atoms with E-state index in [-0.39, 0.29) is 23.9 Å². The summed E-state index contributed by atoms with van der Waals surface area (Å²) in [7, 11) is 0. The maximum absolute atomic E-state index is 13.1. The molecule has 0 radical (unpaired) electrons. The van der Waals surface area contributed by atoms with E-state index in [2.05, 4.69) is 5.32 Å². The van der Waals surface area contributed by atoms with Gasteiger partial charge >= 0.3 is 0 Å². The number of nitrogens with one attached hydrogen (secondary N) is 1. The van der Waals surface area contributed by atoms with Crippen LogP contribution in [0.4, 0.5) is 13.2 Å². The van der Waals surface area contributed by atoms with E-state index < -0.39 is 18.3 Å². The number of hydrogen-bond donors (Lipinski definition) is 1. The summed E-state index contributed by atoms with van der Waals surface area (Å²) in [5.74, 6) is -0.454. The summed E-state index contributed by atoms with van der Waals surface area (Å²) < 4.78 is 38.6. The van der Waals surface area contributed by atoms with Gasteiger partial charge in [-0.15, -0.1) is 12.4 Å². The standard InChI is InChI=1S/C13H16ClF3N2.ClH/c14-11-7-9(15)1-2-10(11)12(8-13(16)17)19-5-3-18-4-6-19;/h1-2,7,12-13,18H,3-6,8H2;1H/t12-;/m1./s1. The Morgan fingerprint density at radius 1 is 1.25 bits per heavy atom. The van der Waals surface area contributed by atoms with E-state index in [0.717, 1.165) is 13.1 Å². The molecule has 1 aromatic rings. The Hall–Kier alpha value is -0.490. The third-order valence-electron chi connectivity index (χ3n) is 3.32. The van der Waals surface area contributed by atoms with E-state index in [1.165, 1.54) is 18.2 Å². The van der Waals surface area contributed by atoms with Gasteiger partial charge in [0.05, 0.1) is 0 Å². The van der Waals surface area contributed by atoms with Crippen LogP contribution in [-0.2, 0) is 0 Å². The highest BCUT2D eigenvalue weighted by Crippen LogP contribution is 2.32. The lowest BCUT2D eigenvalue weighted by Gasteiger charge is -2.35. The molecule has 114 valence electrons. The minimum Gasteiger partial charge on any atom is -0.314 e. The Morgan fingerprint density at radius 2 is 1.90 bits per heavy atom. The molecule has 1 fully saturated rings. The Bertz CT molecular complexity index is 426. The van der Waals surface area contributed by atoms with Crippen molar-refractivity contribution < 1.29 is 13.2 Å². The van der Waals surface area contributed by atoms with Crippen LogP contribution in [0.2, 0.25) is 5.02 Å². The molecule has 2 nitrogen and oxygen atoms in total. The van der Waals surface area contributed by atoms with Gasteiger partial charge in [-0.1, -0.05) is 17.7 Å². The summed E-state index contributed by atoms with van der Waals surface area (Å²) in [4.78, 5) is 1.97. The molecule has 0 bridgehead atoms. The molecule has 0 aromatic heterocycles. The summed E-state index contributed by atoms with van der Waals surface area (Å²) in [6.07, 6.45) is -2.70. The topological polar surface area (TPSA) is 15.3 Å². The number of piperazine rings is 1. The summed E-state index contributed by atoms with van der Waals surface area (Å²) in [6, 6.07) is 3.49. The molecule has 0 spiro atoms. The molecule has 20 heavy (non-hydrogen) atoms. The molecule has 7 heteroatoms. The Morgan fingerprint density at radius 3 is 2.45 bits per heavy atom. The number of rotatable bonds is 4. The molecule has 0 amide bonds. The van der Waals surface area contributed by atoms with Gasteiger partial charge in [-0.25, -0.2) is 13.2 Å². The van der Waals surface area contributed by atoms with Crippen molar-refractivity contribution in [2.75, 3.05) is 26.2 Å². The average molecular weight is 329 g/mol. The van der Waals surface area contributed by atoms with Crippen molar-refractivity contribution >= 4 is 24.0 Å². The van der Waals surface area contributed by atoms with Crippen molar-refractivity contribution in [3.8, 4) is 0 Å². The first-order valence-electron chi connectivity index (χ1n) is 6.26. The number of benzene rings is 1. The maximum atomic E-state index is 13.1. The first-order valence-corrected chi connectivity index (χ1v) is 6.63. The van der Waals surface area contributed by atoms with Crippen molar-refractivity contribution in [1.82, 2.24) is 10.2 Å². The first-order chi connectivity index (χ1) is 9.08. The molecule has 1 aromatic carbocycles. The summed E-state index contributed by atoms with van der Waals surface area (Å²) in [6.45, 7) is 2.90. The van der Waals surface area contributed by atoms with Crippen molar-refractivity contribution in [3.05, 3.63) is 34.6 Å². The maximum Gasteiger partial charge on any atom is 0.240 e. The van der Waals surface area contributed by atoms with Gasteiger partial charge in [-0.05, 0) is 17.7 Å². The van der Waals surface area contributed by atoms with E-state index in [0.29, 0.717) is 18.7 Å². The largest absolute Gasteiger partial charge is 0.314 e. The van der Waals surface area contributed by atoms with Crippen molar-refractivity contribution in [2.24, 2.45) is 0 Å². The molecule has 1 N–H and O–H groups in total. The van der Waals surface area contributed by atoms with Crippen LogP contribution in [0.15, 0.2) is 18.2 Å². The zero-order valence-electron chi connectivity index (χ0n) is 10.8. The van der Waals surface area contributed by atoms with E-state index in [4.69, 9.17) is 11.6 Å². The minimum atomic E-state index is -2.42. The highest BCUT2D eigenvalue weighted by atomic mass is 35.5. The van der Waals surface area contributed by atoms with Gasteiger partial charge in [-0.3, -0.25) is 4.90 Å². The second kappa shape index (κ2) is 8.08. The molecule has 2 rings (SSSR count). The molecule has 1 aliphatic heterocycles. The lowest BCUT2D eigenvalue weighted by atomic mass is 10.0. The molecule has 1 aliphatic rings. The molecule has 0 saturated carbocycles. The Kier molecular flexibility index (Phi) is 7.09. The minimum absolute atomic E-state index is 0. The molecule has 1 heterocycles. The van der Waals surface area contributed by atoms with Crippen molar-refractivity contribution in [3.63, 3.8) is 0 Å². The van der Waals surface area contributed by atoms with Crippen LogP contribution >= 0.6 is 24.0 Å². The average Bonchev–Trinajstić information content (AvgIpc) is 2.37. The zero-order valence-corrected chi connectivity index (χ0v) is 12.4. The Labute approximate surface area is 127 Å². The van der Waals surface area contributed by atoms with Crippen molar-refractivity contribution in [1.29, 1.82) is 0 Å². The molecule has 0 unspecified atom stereocenters. The molecule has 1 saturated heterocycles. The highest BCUT2D eigenvalue weighted by Gasteiger charge is 2.27. The number of halogens is 5. The van der Waals surface area contributed by atoms with E-state index in [9.17, 15) is 13.2 Å². The van der Waals surface area contributed by atoms with Gasteiger partial charge in [0.2, 0.25) is 6.43 Å². The molecule has 1 atom stereocenters. The third-order valence-corrected chi connectivity index (χ3v) is 3.64. The lowest BCUT2D eigenvalue weighted by molar-refractivity contribution is 0.0739. The van der Waals surface area contributed by atoms with Gasteiger partial charge in [0.25, 0.3) is 0 Å². The smallest absolute Gasteiger partial charge is 0.240 e. The van der Waals surface area contributed by atoms with Crippen LogP contribution in [0, 0.1) is 5.82 Å². The third kappa shape index (κ3) is 4.52. The van der Waals surface area contributed by atoms with Crippen LogP contribution in [0.3, 0.4) is 0 Å². The summed E-state index contributed by atoms with van der Waals surface area (Å²) >= 11 is 6.00. The van der Waals surface area contributed by atoms with Gasteiger partial charge in [-0.2, -0.15) is 0 Å². The monoisotopic (exact) mass is 328 g/mol. The predicted molar refractivity (Wildman–Crippen MR) is 76.5 cm³/mol. The van der Waals surface area contributed by atoms with Crippen LogP contribution in [0.25, 0.3) is 0 Å². The van der Waals surface area contributed by atoms with Gasteiger partial charge in [0, 0.05) is 43.7 Å². The highest BCUT2D eigenvalue weighted by molar-refractivity contribution is 6.31. The van der Waals surface area contributed by atoms with Gasteiger partial charge < -0.3 is 5.32 Å². The lowest BCUT2D eigenvalue weighted by Crippen LogP contribution is -2.45. The quantitative estimate of drug-likeness (QED) is 0.910. The molecule has 0 aliphatic carbocycles. The fourth-order valence-corrected chi connectivity index (χ4v) is 2.70. The van der Waals surface area contributed by atoms with E-state index in [1.54, 1.807) is 0 Å². The first kappa shape index (κ1) is 17.6. The zero-order chi connectivity index (χ0) is 13.8. The van der Waals surface area contributed by atoms with Crippen LogP contribution in [0.1, 0.15) is 18.0 Å². The second-order valence-corrected chi connectivity index (χ2v) is 5.00.